The Morgan fingerprint density at radius 1 is 1.04 bits per heavy atom. The van der Waals surface area contributed by atoms with Gasteiger partial charge >= 0.3 is 5.97 Å². The van der Waals surface area contributed by atoms with E-state index in [-0.39, 0.29) is 31.1 Å². The zero-order valence-corrected chi connectivity index (χ0v) is 12.9. The molecule has 0 aliphatic carbocycles. The Labute approximate surface area is 132 Å². The van der Waals surface area contributed by atoms with Crippen molar-refractivity contribution in [2.45, 2.75) is 4.90 Å². The fraction of sp³-hybridized carbons (Fsp3) is 0.286. The zero-order valence-electron chi connectivity index (χ0n) is 12.1. The third-order valence-corrected chi connectivity index (χ3v) is 5.28. The van der Waals surface area contributed by atoms with Gasteiger partial charge in [0.2, 0.25) is 15.9 Å². The molecule has 0 radical (unpaired) electrons. The van der Waals surface area contributed by atoms with Gasteiger partial charge in [-0.25, -0.2) is 17.6 Å². The number of carboxylic acid groups (broad SMARTS) is 1. The minimum Gasteiger partial charge on any atom is -0.478 e. The van der Waals surface area contributed by atoms with Gasteiger partial charge in [0.05, 0.1) is 4.90 Å². The van der Waals surface area contributed by atoms with E-state index < -0.39 is 27.7 Å². The molecular formula is C14H15FN2O5S. The van der Waals surface area contributed by atoms with Crippen molar-refractivity contribution in [3.05, 3.63) is 42.2 Å². The minimum atomic E-state index is -3.74. The largest absolute Gasteiger partial charge is 0.478 e. The van der Waals surface area contributed by atoms with Crippen LogP contribution in [0.4, 0.5) is 4.39 Å². The van der Waals surface area contributed by atoms with E-state index in [1.165, 1.54) is 21.3 Å². The molecule has 1 fully saturated rings. The monoisotopic (exact) mass is 342 g/mol. The van der Waals surface area contributed by atoms with Crippen molar-refractivity contribution in [1.82, 2.24) is 9.21 Å². The van der Waals surface area contributed by atoms with Crippen LogP contribution in [-0.4, -0.2) is 60.8 Å². The van der Waals surface area contributed by atoms with Gasteiger partial charge in [0.15, 0.2) is 0 Å². The molecule has 0 aromatic heterocycles. The van der Waals surface area contributed by atoms with Crippen molar-refractivity contribution in [1.29, 1.82) is 0 Å². The van der Waals surface area contributed by atoms with Gasteiger partial charge in [0.1, 0.15) is 5.82 Å². The van der Waals surface area contributed by atoms with Gasteiger partial charge in [-0.3, -0.25) is 4.79 Å². The highest BCUT2D eigenvalue weighted by Crippen LogP contribution is 2.18. The minimum absolute atomic E-state index is 0.00977. The van der Waals surface area contributed by atoms with Crippen molar-refractivity contribution in [3.8, 4) is 0 Å². The van der Waals surface area contributed by atoms with E-state index in [0.717, 1.165) is 24.3 Å². The molecule has 0 spiro atoms. The third-order valence-electron chi connectivity index (χ3n) is 3.37. The maximum atomic E-state index is 12.9. The van der Waals surface area contributed by atoms with Crippen LogP contribution in [0.2, 0.25) is 0 Å². The summed E-state index contributed by atoms with van der Waals surface area (Å²) in [5.74, 6) is -2.23. The van der Waals surface area contributed by atoms with Crippen molar-refractivity contribution in [2.75, 3.05) is 26.2 Å². The summed E-state index contributed by atoms with van der Waals surface area (Å²) in [6.45, 7) is 0.491. The van der Waals surface area contributed by atoms with E-state index in [0.29, 0.717) is 0 Å². The van der Waals surface area contributed by atoms with Gasteiger partial charge in [0, 0.05) is 38.3 Å². The van der Waals surface area contributed by atoms with Crippen LogP contribution >= 0.6 is 0 Å². The SMILES string of the molecule is O=C(O)/C=C\C(=O)N1CCN(S(=O)(=O)c2ccc(F)cc2)CC1. The summed E-state index contributed by atoms with van der Waals surface area (Å²) in [5.41, 5.74) is 0. The number of carbonyl (C=O) groups is 2. The number of rotatable bonds is 4. The molecule has 9 heteroatoms. The number of aliphatic carboxylic acids is 1. The maximum Gasteiger partial charge on any atom is 0.328 e. The molecule has 1 aromatic rings. The number of piperazine rings is 1. The Morgan fingerprint density at radius 3 is 2.13 bits per heavy atom. The normalized spacial score (nSPS) is 16.7. The molecule has 124 valence electrons. The Kier molecular flexibility index (Phi) is 5.12. The summed E-state index contributed by atoms with van der Waals surface area (Å²) < 4.78 is 38.9. The summed E-state index contributed by atoms with van der Waals surface area (Å²) in [6.07, 6.45) is 1.68. The zero-order chi connectivity index (χ0) is 17.0. The summed E-state index contributed by atoms with van der Waals surface area (Å²) in [5, 5.41) is 8.48. The molecule has 0 bridgehead atoms. The fourth-order valence-corrected chi connectivity index (χ4v) is 3.57. The van der Waals surface area contributed by atoms with Crippen LogP contribution in [0.3, 0.4) is 0 Å². The van der Waals surface area contributed by atoms with Crippen molar-refractivity contribution in [3.63, 3.8) is 0 Å². The predicted molar refractivity (Wildman–Crippen MR) is 78.5 cm³/mol. The van der Waals surface area contributed by atoms with Crippen LogP contribution in [0.1, 0.15) is 0 Å². The molecule has 7 nitrogen and oxygen atoms in total. The van der Waals surface area contributed by atoms with Gasteiger partial charge in [-0.1, -0.05) is 0 Å². The first-order chi connectivity index (χ1) is 10.8. The average Bonchev–Trinajstić information content (AvgIpc) is 2.53. The van der Waals surface area contributed by atoms with E-state index in [1.54, 1.807) is 0 Å². The molecule has 1 aliphatic heterocycles. The van der Waals surface area contributed by atoms with Crippen molar-refractivity contribution < 1.29 is 27.5 Å². The van der Waals surface area contributed by atoms with E-state index >= 15 is 0 Å². The standard InChI is InChI=1S/C14H15FN2O5S/c15-11-1-3-12(4-2-11)23(21,22)17-9-7-16(8-10-17)13(18)5-6-14(19)20/h1-6H,7-10H2,(H,19,20)/b6-5-. The van der Waals surface area contributed by atoms with E-state index in [2.05, 4.69) is 0 Å². The third kappa shape index (κ3) is 4.14. The van der Waals surface area contributed by atoms with Gasteiger partial charge in [0.25, 0.3) is 0 Å². The van der Waals surface area contributed by atoms with Crippen LogP contribution in [0, 0.1) is 5.82 Å². The Bertz CT molecular complexity index is 722. The first kappa shape index (κ1) is 17.1. The Morgan fingerprint density at radius 2 is 1.61 bits per heavy atom. The van der Waals surface area contributed by atoms with Gasteiger partial charge in [-0.05, 0) is 24.3 Å². The average molecular weight is 342 g/mol. The molecule has 0 saturated carbocycles. The molecule has 23 heavy (non-hydrogen) atoms. The smallest absolute Gasteiger partial charge is 0.328 e. The second kappa shape index (κ2) is 6.88. The van der Waals surface area contributed by atoms with Crippen LogP contribution in [-0.2, 0) is 19.6 Å². The Hall–Kier alpha value is -2.26. The molecule has 1 saturated heterocycles. The lowest BCUT2D eigenvalue weighted by molar-refractivity contribution is -0.132. The van der Waals surface area contributed by atoms with Crippen molar-refractivity contribution in [2.24, 2.45) is 0 Å². The van der Waals surface area contributed by atoms with E-state index in [1.807, 2.05) is 0 Å². The highest BCUT2D eigenvalue weighted by Gasteiger charge is 2.29. The second-order valence-electron chi connectivity index (χ2n) is 4.85. The number of hydrogen-bond donors (Lipinski definition) is 1. The number of hydrogen-bond acceptors (Lipinski definition) is 4. The molecule has 0 atom stereocenters. The van der Waals surface area contributed by atoms with Crippen molar-refractivity contribution >= 4 is 21.9 Å². The van der Waals surface area contributed by atoms with Crippen LogP contribution < -0.4 is 0 Å². The lowest BCUT2D eigenvalue weighted by Gasteiger charge is -2.33. The molecule has 1 N–H and O–H groups in total. The number of sulfonamides is 1. The number of benzene rings is 1. The number of carboxylic acids is 1. The second-order valence-corrected chi connectivity index (χ2v) is 6.79. The number of halogens is 1. The highest BCUT2D eigenvalue weighted by molar-refractivity contribution is 7.89. The lowest BCUT2D eigenvalue weighted by atomic mass is 10.3. The van der Waals surface area contributed by atoms with Gasteiger partial charge in [-0.2, -0.15) is 4.31 Å². The molecular weight excluding hydrogens is 327 g/mol. The molecule has 2 rings (SSSR count). The van der Waals surface area contributed by atoms with E-state index in [9.17, 15) is 22.4 Å². The topological polar surface area (TPSA) is 95.0 Å². The van der Waals surface area contributed by atoms with Crippen LogP contribution in [0.25, 0.3) is 0 Å². The molecule has 1 aliphatic rings. The number of carbonyl (C=O) groups excluding carboxylic acids is 1. The molecule has 1 aromatic carbocycles. The number of amides is 1. The first-order valence-electron chi connectivity index (χ1n) is 6.76. The quantitative estimate of drug-likeness (QED) is 0.794. The van der Waals surface area contributed by atoms with E-state index in [4.69, 9.17) is 5.11 Å². The lowest BCUT2D eigenvalue weighted by Crippen LogP contribution is -2.50. The summed E-state index contributed by atoms with van der Waals surface area (Å²) in [4.78, 5) is 23.5. The predicted octanol–water partition coefficient (Wildman–Crippen LogP) is 0.299. The summed E-state index contributed by atoms with van der Waals surface area (Å²) in [7, 11) is -3.74. The van der Waals surface area contributed by atoms with Crippen LogP contribution in [0.15, 0.2) is 41.3 Å². The summed E-state index contributed by atoms with van der Waals surface area (Å²) in [6, 6.07) is 4.53. The molecule has 1 heterocycles. The molecule has 1 amide bonds. The van der Waals surface area contributed by atoms with Crippen LogP contribution in [0.5, 0.6) is 0 Å². The van der Waals surface area contributed by atoms with Gasteiger partial charge in [-0.15, -0.1) is 0 Å². The molecule has 0 unspecified atom stereocenters. The maximum absolute atomic E-state index is 12.9. The summed E-state index contributed by atoms with van der Waals surface area (Å²) >= 11 is 0. The van der Waals surface area contributed by atoms with Gasteiger partial charge < -0.3 is 10.0 Å². The first-order valence-corrected chi connectivity index (χ1v) is 8.20. The number of nitrogens with zero attached hydrogens (tertiary/aromatic N) is 2. The highest BCUT2D eigenvalue weighted by atomic mass is 32.2. The fourth-order valence-electron chi connectivity index (χ4n) is 2.15. The Balaban J connectivity index is 2.02.